The topological polar surface area (TPSA) is 88.0 Å². The van der Waals surface area contributed by atoms with Crippen LogP contribution in [0.2, 0.25) is 0 Å². The van der Waals surface area contributed by atoms with Gasteiger partial charge in [-0.1, -0.05) is 18.2 Å². The Hall–Kier alpha value is -2.14. The average molecular weight is 325 g/mol. The predicted octanol–water partition coefficient (Wildman–Crippen LogP) is 2.05. The number of nitrogens with one attached hydrogen (secondary N) is 2. The number of amides is 1. The molecule has 1 spiro atoms. The van der Waals surface area contributed by atoms with Crippen molar-refractivity contribution in [1.82, 2.24) is 10.3 Å². The van der Waals surface area contributed by atoms with Gasteiger partial charge in [-0.2, -0.15) is 0 Å². The van der Waals surface area contributed by atoms with Crippen molar-refractivity contribution in [2.24, 2.45) is 17.1 Å². The molecule has 2 saturated carbocycles. The number of hydrogen-bond donors (Lipinski definition) is 3. The summed E-state index contributed by atoms with van der Waals surface area (Å²) in [5.74, 6) is 0.278. The Morgan fingerprint density at radius 2 is 1.96 bits per heavy atom. The van der Waals surface area contributed by atoms with Crippen LogP contribution in [0.3, 0.4) is 0 Å². The summed E-state index contributed by atoms with van der Waals surface area (Å²) in [6.45, 7) is 0.447. The molecule has 1 aromatic carbocycles. The lowest BCUT2D eigenvalue weighted by Crippen LogP contribution is -2.32. The van der Waals surface area contributed by atoms with Gasteiger partial charge in [-0.15, -0.1) is 0 Å². The molecule has 24 heavy (non-hydrogen) atoms. The predicted molar refractivity (Wildman–Crippen MR) is 93.4 cm³/mol. The maximum atomic E-state index is 12.5. The van der Waals surface area contributed by atoms with Crippen LogP contribution in [0, 0.1) is 11.3 Å². The van der Waals surface area contributed by atoms with Crippen molar-refractivity contribution in [2.45, 2.75) is 44.7 Å². The van der Waals surface area contributed by atoms with Crippen LogP contribution in [0.1, 0.15) is 37.7 Å². The monoisotopic (exact) mass is 325 g/mol. The number of pyridine rings is 1. The Kier molecular flexibility index (Phi) is 3.68. The van der Waals surface area contributed by atoms with E-state index in [0.29, 0.717) is 18.0 Å². The molecule has 2 fully saturated rings. The molecule has 1 unspecified atom stereocenters. The van der Waals surface area contributed by atoms with Crippen molar-refractivity contribution in [3.63, 3.8) is 0 Å². The molecule has 5 nitrogen and oxygen atoms in total. The molecule has 0 saturated heterocycles. The largest absolute Gasteiger partial charge is 0.352 e. The van der Waals surface area contributed by atoms with Crippen molar-refractivity contribution in [2.75, 3.05) is 0 Å². The molecule has 126 valence electrons. The third-order valence-electron chi connectivity index (χ3n) is 5.88. The normalized spacial score (nSPS) is 28.9. The number of H-pyrrole nitrogens is 1. The number of aromatic amines is 1. The summed E-state index contributed by atoms with van der Waals surface area (Å²) >= 11 is 0. The van der Waals surface area contributed by atoms with Gasteiger partial charge in [0.25, 0.3) is 5.56 Å². The van der Waals surface area contributed by atoms with Crippen molar-refractivity contribution < 1.29 is 4.79 Å². The number of benzene rings is 1. The smallest absolute Gasteiger partial charge is 0.255 e. The molecule has 1 atom stereocenters. The minimum Gasteiger partial charge on any atom is -0.352 e. The van der Waals surface area contributed by atoms with E-state index in [1.807, 2.05) is 18.2 Å². The van der Waals surface area contributed by atoms with E-state index in [-0.39, 0.29) is 22.8 Å². The highest BCUT2D eigenvalue weighted by Gasteiger charge is 2.58. The number of rotatable bonds is 3. The Morgan fingerprint density at radius 1 is 1.25 bits per heavy atom. The quantitative estimate of drug-likeness (QED) is 0.807. The standard InChI is InChI=1S/C19H23N3O2/c20-13-5-7-19(8-6-13)9-16(19)18(24)22-11-12-10-21-17(23)15-4-2-1-3-14(12)15/h1-4,10,13,16H,5-9,11,20H2,(H,21,23)(H,22,24). The minimum absolute atomic E-state index is 0.0969. The Bertz CT molecular complexity index is 834. The average Bonchev–Trinajstić information content (AvgIpc) is 3.31. The summed E-state index contributed by atoms with van der Waals surface area (Å²) in [6.07, 6.45) is 6.93. The molecule has 5 heteroatoms. The first-order chi connectivity index (χ1) is 11.6. The summed E-state index contributed by atoms with van der Waals surface area (Å²) in [7, 11) is 0. The summed E-state index contributed by atoms with van der Waals surface area (Å²) in [6, 6.07) is 7.80. The molecule has 2 aliphatic rings. The molecule has 0 radical (unpaired) electrons. The summed E-state index contributed by atoms with van der Waals surface area (Å²) in [4.78, 5) is 27.1. The number of carbonyl (C=O) groups excluding carboxylic acids is 1. The van der Waals surface area contributed by atoms with Crippen molar-refractivity contribution in [3.8, 4) is 0 Å². The van der Waals surface area contributed by atoms with Crippen LogP contribution in [0.5, 0.6) is 0 Å². The van der Waals surface area contributed by atoms with E-state index in [9.17, 15) is 9.59 Å². The lowest BCUT2D eigenvalue weighted by atomic mass is 9.82. The van der Waals surface area contributed by atoms with Crippen molar-refractivity contribution in [3.05, 3.63) is 46.4 Å². The lowest BCUT2D eigenvalue weighted by Gasteiger charge is -2.26. The molecule has 4 N–H and O–H groups in total. The molecule has 1 amide bonds. The fourth-order valence-corrected chi connectivity index (χ4v) is 4.21. The Morgan fingerprint density at radius 3 is 2.71 bits per heavy atom. The van der Waals surface area contributed by atoms with E-state index in [4.69, 9.17) is 5.73 Å². The van der Waals surface area contributed by atoms with E-state index in [2.05, 4.69) is 10.3 Å². The van der Waals surface area contributed by atoms with E-state index in [0.717, 1.165) is 43.1 Å². The van der Waals surface area contributed by atoms with E-state index < -0.39 is 0 Å². The van der Waals surface area contributed by atoms with Crippen molar-refractivity contribution in [1.29, 1.82) is 0 Å². The number of nitrogens with two attached hydrogens (primary N) is 1. The van der Waals surface area contributed by atoms with Gasteiger partial charge < -0.3 is 16.0 Å². The van der Waals surface area contributed by atoms with Gasteiger partial charge in [-0.05, 0) is 54.5 Å². The van der Waals surface area contributed by atoms with Gasteiger partial charge in [-0.25, -0.2) is 0 Å². The summed E-state index contributed by atoms with van der Waals surface area (Å²) in [5, 5.41) is 4.62. The maximum absolute atomic E-state index is 12.5. The Balaban J connectivity index is 1.44. The molecule has 0 bridgehead atoms. The summed E-state index contributed by atoms with van der Waals surface area (Å²) < 4.78 is 0. The lowest BCUT2D eigenvalue weighted by molar-refractivity contribution is -0.123. The SMILES string of the molecule is NC1CCC2(CC1)CC2C(=O)NCc1c[nH]c(=O)c2ccccc12. The van der Waals surface area contributed by atoms with Crippen LogP contribution in [-0.2, 0) is 11.3 Å². The first-order valence-corrected chi connectivity index (χ1v) is 8.72. The number of aromatic nitrogens is 1. The van der Waals surface area contributed by atoms with Gasteiger partial charge in [0.1, 0.15) is 0 Å². The zero-order chi connectivity index (χ0) is 16.7. The van der Waals surface area contributed by atoms with Crippen LogP contribution in [0.25, 0.3) is 10.8 Å². The van der Waals surface area contributed by atoms with E-state index in [1.54, 1.807) is 12.3 Å². The molecule has 4 rings (SSSR count). The molecule has 0 aliphatic heterocycles. The van der Waals surface area contributed by atoms with Crippen LogP contribution < -0.4 is 16.6 Å². The zero-order valence-electron chi connectivity index (χ0n) is 13.7. The minimum atomic E-state index is -0.0969. The first kappa shape index (κ1) is 15.4. The Labute approximate surface area is 140 Å². The second kappa shape index (κ2) is 5.74. The van der Waals surface area contributed by atoms with Gasteiger partial charge in [0.2, 0.25) is 5.91 Å². The number of fused-ring (bicyclic) bond motifs is 1. The molecular formula is C19H23N3O2. The highest BCUT2D eigenvalue weighted by Crippen LogP contribution is 2.61. The second-order valence-electron chi connectivity index (χ2n) is 7.36. The molecule has 2 aliphatic carbocycles. The molecular weight excluding hydrogens is 302 g/mol. The van der Waals surface area contributed by atoms with Crippen LogP contribution in [0.15, 0.2) is 35.3 Å². The van der Waals surface area contributed by atoms with Gasteiger partial charge in [0, 0.05) is 30.1 Å². The third-order valence-corrected chi connectivity index (χ3v) is 5.88. The number of carbonyl (C=O) groups is 1. The van der Waals surface area contributed by atoms with Crippen LogP contribution in [0.4, 0.5) is 0 Å². The number of hydrogen-bond acceptors (Lipinski definition) is 3. The second-order valence-corrected chi connectivity index (χ2v) is 7.36. The zero-order valence-corrected chi connectivity index (χ0v) is 13.7. The highest BCUT2D eigenvalue weighted by molar-refractivity contribution is 5.86. The highest BCUT2D eigenvalue weighted by atomic mass is 16.2. The molecule has 1 heterocycles. The molecule has 1 aromatic heterocycles. The fraction of sp³-hybridized carbons (Fsp3) is 0.474. The van der Waals surface area contributed by atoms with Gasteiger partial charge >= 0.3 is 0 Å². The van der Waals surface area contributed by atoms with Crippen LogP contribution >= 0.6 is 0 Å². The van der Waals surface area contributed by atoms with Gasteiger partial charge in [0.05, 0.1) is 0 Å². The molecule has 2 aromatic rings. The summed E-state index contributed by atoms with van der Waals surface area (Å²) in [5.41, 5.74) is 7.04. The third kappa shape index (κ3) is 2.63. The maximum Gasteiger partial charge on any atom is 0.255 e. The van der Waals surface area contributed by atoms with E-state index in [1.165, 1.54) is 0 Å². The van der Waals surface area contributed by atoms with Gasteiger partial charge in [-0.3, -0.25) is 9.59 Å². The first-order valence-electron chi connectivity index (χ1n) is 8.72. The fourth-order valence-electron chi connectivity index (χ4n) is 4.21. The van der Waals surface area contributed by atoms with Crippen molar-refractivity contribution >= 4 is 16.7 Å². The van der Waals surface area contributed by atoms with E-state index >= 15 is 0 Å². The van der Waals surface area contributed by atoms with Gasteiger partial charge in [0.15, 0.2) is 0 Å². The van der Waals surface area contributed by atoms with Crippen LogP contribution in [-0.4, -0.2) is 16.9 Å².